The highest BCUT2D eigenvalue weighted by Gasteiger charge is 2.58. The van der Waals surface area contributed by atoms with E-state index in [1.807, 2.05) is 0 Å². The van der Waals surface area contributed by atoms with Crippen molar-refractivity contribution in [3.63, 3.8) is 0 Å². The van der Waals surface area contributed by atoms with Crippen LogP contribution in [0.5, 0.6) is 0 Å². The Bertz CT molecular complexity index is 259. The van der Waals surface area contributed by atoms with E-state index in [4.69, 9.17) is 5.11 Å². The van der Waals surface area contributed by atoms with Gasteiger partial charge in [-0.05, 0) is 43.1 Å². The molecule has 2 aliphatic rings. The molecule has 100 valence electrons. The van der Waals surface area contributed by atoms with E-state index in [0.29, 0.717) is 29.6 Å². The summed E-state index contributed by atoms with van der Waals surface area (Å²) in [6.45, 7) is 4.61. The first-order valence-electron chi connectivity index (χ1n) is 6.89. The van der Waals surface area contributed by atoms with Gasteiger partial charge in [0.15, 0.2) is 0 Å². The topological polar surface area (TPSA) is 63.3 Å². The van der Waals surface area contributed by atoms with Crippen molar-refractivity contribution in [3.8, 4) is 0 Å². The van der Waals surface area contributed by atoms with Gasteiger partial charge < -0.3 is 10.8 Å². The minimum Gasteiger partial charge on any atom is -0.481 e. The molecule has 17 heavy (non-hydrogen) atoms. The number of fused-ring (bicyclic) bond motifs is 1. The number of carboxylic acid groups (broad SMARTS) is 1. The van der Waals surface area contributed by atoms with Crippen LogP contribution in [0.15, 0.2) is 0 Å². The fourth-order valence-electron chi connectivity index (χ4n) is 4.45. The molecule has 0 bridgehead atoms. The first kappa shape index (κ1) is 14.5. The molecule has 3 heteroatoms. The first-order chi connectivity index (χ1) is 8.09. The van der Waals surface area contributed by atoms with Gasteiger partial charge >= 0.3 is 5.97 Å². The number of rotatable bonds is 3. The van der Waals surface area contributed by atoms with Crippen molar-refractivity contribution in [1.82, 2.24) is 0 Å². The smallest absolute Gasteiger partial charge is 0.303 e. The Labute approximate surface area is 105 Å². The number of carboxylic acids is 1. The summed E-state index contributed by atoms with van der Waals surface area (Å²) in [5.41, 5.74) is 4.98. The van der Waals surface area contributed by atoms with Gasteiger partial charge in [-0.15, -0.1) is 0 Å². The molecule has 3 nitrogen and oxygen atoms in total. The Morgan fingerprint density at radius 3 is 2.59 bits per heavy atom. The maximum atomic E-state index is 10.8. The molecular weight excluding hydrogens is 214 g/mol. The number of hydrogen-bond donors (Lipinski definition) is 2. The van der Waals surface area contributed by atoms with Crippen molar-refractivity contribution in [2.45, 2.75) is 52.4 Å². The second-order valence-corrected chi connectivity index (χ2v) is 5.63. The molecule has 0 aromatic carbocycles. The van der Waals surface area contributed by atoms with Gasteiger partial charge in [0.1, 0.15) is 0 Å². The largest absolute Gasteiger partial charge is 0.481 e. The SMILES string of the molecule is CCC1C(CC(=O)O)C2CCCCC12C.CN. The van der Waals surface area contributed by atoms with Gasteiger partial charge in [0.25, 0.3) is 0 Å². The lowest BCUT2D eigenvalue weighted by Gasteiger charge is -2.62. The van der Waals surface area contributed by atoms with Gasteiger partial charge in [-0.1, -0.05) is 33.1 Å². The van der Waals surface area contributed by atoms with E-state index in [1.54, 1.807) is 0 Å². The zero-order valence-corrected chi connectivity index (χ0v) is 11.4. The van der Waals surface area contributed by atoms with Crippen LogP contribution < -0.4 is 5.73 Å². The summed E-state index contributed by atoms with van der Waals surface area (Å²) >= 11 is 0. The van der Waals surface area contributed by atoms with Crippen LogP contribution in [0.3, 0.4) is 0 Å². The van der Waals surface area contributed by atoms with Crippen molar-refractivity contribution >= 4 is 5.97 Å². The van der Waals surface area contributed by atoms with E-state index in [1.165, 1.54) is 32.7 Å². The number of aliphatic carboxylic acids is 1. The minimum atomic E-state index is -0.605. The average Bonchev–Trinajstić information content (AvgIpc) is 2.30. The van der Waals surface area contributed by atoms with E-state index in [-0.39, 0.29) is 0 Å². The lowest BCUT2D eigenvalue weighted by atomic mass is 9.42. The quantitative estimate of drug-likeness (QED) is 0.798. The number of nitrogens with two attached hydrogens (primary N) is 1. The van der Waals surface area contributed by atoms with Crippen LogP contribution >= 0.6 is 0 Å². The molecule has 4 atom stereocenters. The summed E-state index contributed by atoms with van der Waals surface area (Å²) in [7, 11) is 1.50. The zero-order chi connectivity index (χ0) is 13.1. The summed E-state index contributed by atoms with van der Waals surface area (Å²) in [6.07, 6.45) is 6.82. The fourth-order valence-corrected chi connectivity index (χ4v) is 4.45. The molecule has 0 spiro atoms. The van der Waals surface area contributed by atoms with E-state index in [2.05, 4.69) is 19.6 Å². The lowest BCUT2D eigenvalue weighted by Crippen LogP contribution is -2.56. The van der Waals surface area contributed by atoms with Crippen LogP contribution in [0.1, 0.15) is 52.4 Å². The van der Waals surface area contributed by atoms with E-state index >= 15 is 0 Å². The third-order valence-electron chi connectivity index (χ3n) is 5.06. The van der Waals surface area contributed by atoms with Crippen LogP contribution in [0, 0.1) is 23.2 Å². The molecular formula is C14H27NO2. The third kappa shape index (κ3) is 2.49. The second-order valence-electron chi connectivity index (χ2n) is 5.63. The van der Waals surface area contributed by atoms with E-state index in [9.17, 15) is 4.79 Å². The Kier molecular flexibility index (Phi) is 4.99. The maximum Gasteiger partial charge on any atom is 0.303 e. The molecule has 0 aliphatic heterocycles. The highest BCUT2D eigenvalue weighted by atomic mass is 16.4. The summed E-state index contributed by atoms with van der Waals surface area (Å²) in [6, 6.07) is 0. The third-order valence-corrected chi connectivity index (χ3v) is 5.06. The molecule has 4 unspecified atom stereocenters. The van der Waals surface area contributed by atoms with Crippen LogP contribution in [-0.2, 0) is 4.79 Å². The molecule has 2 rings (SSSR count). The monoisotopic (exact) mass is 241 g/mol. The first-order valence-corrected chi connectivity index (χ1v) is 6.89. The van der Waals surface area contributed by atoms with Gasteiger partial charge in [-0.25, -0.2) is 0 Å². The second kappa shape index (κ2) is 5.85. The summed E-state index contributed by atoms with van der Waals surface area (Å²) in [5.74, 6) is 1.23. The minimum absolute atomic E-state index is 0.402. The standard InChI is InChI=1S/C13H22O2.CH5N/c1-3-10-9(8-12(14)15)11-6-4-5-7-13(10,11)2;1-2/h9-11H,3-8H2,1-2H3,(H,14,15);2H2,1H3. The molecule has 0 heterocycles. The maximum absolute atomic E-state index is 10.8. The van der Waals surface area contributed by atoms with Crippen molar-refractivity contribution in [1.29, 1.82) is 0 Å². The Morgan fingerprint density at radius 2 is 2.06 bits per heavy atom. The molecule has 2 saturated carbocycles. The molecule has 0 radical (unpaired) electrons. The normalized spacial score (nSPS) is 39.4. The predicted octanol–water partition coefficient (Wildman–Crippen LogP) is 2.89. The van der Waals surface area contributed by atoms with E-state index in [0.717, 1.165) is 6.42 Å². The summed E-state index contributed by atoms with van der Waals surface area (Å²) in [5, 5.41) is 8.94. The van der Waals surface area contributed by atoms with Gasteiger partial charge in [-0.3, -0.25) is 4.79 Å². The fraction of sp³-hybridized carbons (Fsp3) is 0.929. The van der Waals surface area contributed by atoms with Gasteiger partial charge in [-0.2, -0.15) is 0 Å². The molecule has 0 aromatic heterocycles. The van der Waals surface area contributed by atoms with Gasteiger partial charge in [0.2, 0.25) is 0 Å². The van der Waals surface area contributed by atoms with Crippen LogP contribution in [0.25, 0.3) is 0 Å². The number of carbonyl (C=O) groups is 1. The zero-order valence-electron chi connectivity index (χ0n) is 11.4. The van der Waals surface area contributed by atoms with Crippen molar-refractivity contribution in [2.24, 2.45) is 28.9 Å². The van der Waals surface area contributed by atoms with Gasteiger partial charge in [0, 0.05) is 6.42 Å². The lowest BCUT2D eigenvalue weighted by molar-refractivity contribution is -0.162. The highest BCUT2D eigenvalue weighted by Crippen LogP contribution is 2.64. The Hall–Kier alpha value is -0.570. The van der Waals surface area contributed by atoms with E-state index < -0.39 is 5.97 Å². The highest BCUT2D eigenvalue weighted by molar-refractivity contribution is 5.67. The van der Waals surface area contributed by atoms with Crippen molar-refractivity contribution in [3.05, 3.63) is 0 Å². The molecule has 3 N–H and O–H groups in total. The predicted molar refractivity (Wildman–Crippen MR) is 69.7 cm³/mol. The van der Waals surface area contributed by atoms with Crippen LogP contribution in [-0.4, -0.2) is 18.1 Å². The molecule has 0 amide bonds. The summed E-state index contributed by atoms with van der Waals surface area (Å²) < 4.78 is 0. The van der Waals surface area contributed by atoms with Crippen molar-refractivity contribution < 1.29 is 9.90 Å². The molecule has 2 fully saturated rings. The molecule has 2 aliphatic carbocycles. The molecule has 0 aromatic rings. The summed E-state index contributed by atoms with van der Waals surface area (Å²) in [4.78, 5) is 10.8. The Balaban J connectivity index is 0.000000686. The van der Waals surface area contributed by atoms with Crippen LogP contribution in [0.2, 0.25) is 0 Å². The molecule has 0 saturated heterocycles. The van der Waals surface area contributed by atoms with Crippen LogP contribution in [0.4, 0.5) is 0 Å². The van der Waals surface area contributed by atoms with Crippen molar-refractivity contribution in [2.75, 3.05) is 7.05 Å². The Morgan fingerprint density at radius 1 is 1.41 bits per heavy atom. The van der Waals surface area contributed by atoms with Gasteiger partial charge in [0.05, 0.1) is 0 Å². The average molecular weight is 241 g/mol. The number of hydrogen-bond acceptors (Lipinski definition) is 2.